The minimum absolute atomic E-state index is 0.0441. The molecule has 2 aromatic rings. The minimum atomic E-state index is -0.510. The molecule has 0 aliphatic rings. The number of nitrogens with one attached hydrogen (secondary N) is 2. The van der Waals surface area contributed by atoms with Crippen LogP contribution in [0.1, 0.15) is 65.5 Å². The van der Waals surface area contributed by atoms with E-state index in [2.05, 4.69) is 45.3 Å². The highest BCUT2D eigenvalue weighted by Gasteiger charge is 2.11. The van der Waals surface area contributed by atoms with E-state index < -0.39 is 11.6 Å². The van der Waals surface area contributed by atoms with Crippen molar-refractivity contribution in [3.63, 3.8) is 0 Å². The van der Waals surface area contributed by atoms with Gasteiger partial charge in [0, 0.05) is 36.7 Å². The lowest BCUT2D eigenvalue weighted by Crippen LogP contribution is -2.24. The van der Waals surface area contributed by atoms with E-state index in [0.717, 1.165) is 6.42 Å². The van der Waals surface area contributed by atoms with Crippen molar-refractivity contribution < 1.29 is 18.4 Å². The van der Waals surface area contributed by atoms with Crippen LogP contribution in [0.2, 0.25) is 10.0 Å². The fourth-order valence-corrected chi connectivity index (χ4v) is 3.07. The molecule has 0 fully saturated rings. The van der Waals surface area contributed by atoms with Crippen LogP contribution in [-0.4, -0.2) is 23.7 Å². The number of benzene rings is 2. The first-order chi connectivity index (χ1) is 18.2. The van der Waals surface area contributed by atoms with Crippen molar-refractivity contribution in [3.05, 3.63) is 69.2 Å². The summed E-state index contributed by atoms with van der Waals surface area (Å²) in [7, 11) is 0. The summed E-state index contributed by atoms with van der Waals surface area (Å²) in [6.07, 6.45) is 1.32. The van der Waals surface area contributed by atoms with Crippen LogP contribution in [0.25, 0.3) is 0 Å². The van der Waals surface area contributed by atoms with Gasteiger partial charge >= 0.3 is 0 Å². The summed E-state index contributed by atoms with van der Waals surface area (Å²) in [4.78, 5) is 22.5. The number of amides is 2. The highest BCUT2D eigenvalue weighted by Crippen LogP contribution is 2.19. The Hall–Kier alpha value is -1.93. The quantitative estimate of drug-likeness (QED) is 0.244. The minimum Gasteiger partial charge on any atom is -0.352 e. The number of hydrogen-bond acceptors (Lipinski definition) is 3. The zero-order valence-corrected chi connectivity index (χ0v) is 25.9. The number of carbonyl (C=O) groups excluding carboxylic acids is 2. The molecule has 2 rings (SSSR count). The molecule has 0 bridgehead atoms. The lowest BCUT2D eigenvalue weighted by Gasteiger charge is -2.14. The zero-order chi connectivity index (χ0) is 30.1. The SMILES string of the molecule is CC(C)C(C)CCC(=O)NCc1cccc(Cl)c1F.CC(C)C(C)N.O=C(CCl)NCc1cccc(Cl)c1F. The molecule has 5 nitrogen and oxygen atoms in total. The molecular weight excluding hydrogens is 567 g/mol. The molecule has 0 spiro atoms. The maximum Gasteiger partial charge on any atom is 0.235 e. The third-order valence-electron chi connectivity index (χ3n) is 6.15. The van der Waals surface area contributed by atoms with Crippen LogP contribution < -0.4 is 16.4 Å². The molecule has 10 heteroatoms. The summed E-state index contributed by atoms with van der Waals surface area (Å²) >= 11 is 16.5. The lowest BCUT2D eigenvalue weighted by molar-refractivity contribution is -0.121. The highest BCUT2D eigenvalue weighted by atomic mass is 35.5. The molecule has 2 amide bonds. The fraction of sp³-hybridized carbons (Fsp3) is 0.517. The maximum atomic E-state index is 13.6. The summed E-state index contributed by atoms with van der Waals surface area (Å²) in [5, 5.41) is 5.30. The summed E-state index contributed by atoms with van der Waals surface area (Å²) < 4.78 is 26.8. The molecule has 0 aliphatic heterocycles. The Morgan fingerprint density at radius 1 is 0.795 bits per heavy atom. The van der Waals surface area contributed by atoms with Crippen molar-refractivity contribution in [1.29, 1.82) is 0 Å². The summed E-state index contributed by atoms with van der Waals surface area (Å²) in [5.74, 6) is 0.209. The molecule has 39 heavy (non-hydrogen) atoms. The van der Waals surface area contributed by atoms with Crippen molar-refractivity contribution in [2.75, 3.05) is 5.88 Å². The molecule has 220 valence electrons. The smallest absolute Gasteiger partial charge is 0.235 e. The van der Waals surface area contributed by atoms with Gasteiger partial charge in [0.25, 0.3) is 0 Å². The molecule has 0 aliphatic carbocycles. The van der Waals surface area contributed by atoms with Crippen molar-refractivity contribution in [1.82, 2.24) is 10.6 Å². The largest absolute Gasteiger partial charge is 0.352 e. The Balaban J connectivity index is 0.000000631. The molecule has 2 unspecified atom stereocenters. The third-order valence-corrected chi connectivity index (χ3v) is 6.98. The van der Waals surface area contributed by atoms with E-state index in [9.17, 15) is 18.4 Å². The van der Waals surface area contributed by atoms with E-state index in [1.54, 1.807) is 24.3 Å². The number of nitrogens with two attached hydrogens (primary N) is 1. The van der Waals surface area contributed by atoms with Gasteiger partial charge in [0.1, 0.15) is 17.5 Å². The Labute approximate surface area is 247 Å². The average Bonchev–Trinajstić information content (AvgIpc) is 2.89. The Bertz CT molecular complexity index is 1020. The first-order valence-corrected chi connectivity index (χ1v) is 14.2. The van der Waals surface area contributed by atoms with Crippen LogP contribution in [0.4, 0.5) is 8.78 Å². The van der Waals surface area contributed by atoms with Crippen LogP contribution in [0.15, 0.2) is 36.4 Å². The molecule has 0 saturated carbocycles. The monoisotopic (exact) mass is 607 g/mol. The van der Waals surface area contributed by atoms with E-state index in [0.29, 0.717) is 41.3 Å². The highest BCUT2D eigenvalue weighted by molar-refractivity contribution is 6.31. The third kappa shape index (κ3) is 16.1. The molecule has 4 N–H and O–H groups in total. The lowest BCUT2D eigenvalue weighted by atomic mass is 9.93. The Morgan fingerprint density at radius 2 is 1.21 bits per heavy atom. The second-order valence-corrected chi connectivity index (χ2v) is 11.1. The zero-order valence-electron chi connectivity index (χ0n) is 23.6. The summed E-state index contributed by atoms with van der Waals surface area (Å²) in [6.45, 7) is 12.9. The molecule has 0 radical (unpaired) electrons. The van der Waals surface area contributed by atoms with Gasteiger partial charge in [-0.2, -0.15) is 0 Å². The van der Waals surface area contributed by atoms with Crippen molar-refractivity contribution >= 4 is 46.6 Å². The van der Waals surface area contributed by atoms with Gasteiger partial charge < -0.3 is 16.4 Å². The van der Waals surface area contributed by atoms with Crippen molar-refractivity contribution in [2.45, 2.75) is 73.5 Å². The number of hydrogen-bond donors (Lipinski definition) is 3. The van der Waals surface area contributed by atoms with Gasteiger partial charge in [-0.15, -0.1) is 11.6 Å². The number of halogens is 5. The molecule has 0 aromatic heterocycles. The molecular formula is C29H42Cl3F2N3O2. The first kappa shape index (κ1) is 37.1. The molecule has 2 aromatic carbocycles. The fourth-order valence-electron chi connectivity index (χ4n) is 2.59. The van der Waals surface area contributed by atoms with E-state index >= 15 is 0 Å². The number of rotatable bonds is 10. The van der Waals surface area contributed by atoms with Gasteiger partial charge in [0.2, 0.25) is 11.8 Å². The topological polar surface area (TPSA) is 84.2 Å². The Kier molecular flexibility index (Phi) is 19.0. The van der Waals surface area contributed by atoms with Crippen molar-refractivity contribution in [2.24, 2.45) is 23.5 Å². The molecule has 0 heterocycles. The second kappa shape index (κ2) is 20.0. The van der Waals surface area contributed by atoms with Gasteiger partial charge in [-0.25, -0.2) is 8.78 Å². The summed E-state index contributed by atoms with van der Waals surface area (Å²) in [6, 6.07) is 9.76. The van der Waals surface area contributed by atoms with E-state index in [1.165, 1.54) is 12.1 Å². The van der Waals surface area contributed by atoms with Crippen molar-refractivity contribution in [3.8, 4) is 0 Å². The second-order valence-electron chi connectivity index (χ2n) is 9.98. The van der Waals surface area contributed by atoms with Crippen LogP contribution in [0, 0.1) is 29.4 Å². The van der Waals surface area contributed by atoms with Gasteiger partial charge in [0.15, 0.2) is 0 Å². The first-order valence-electron chi connectivity index (χ1n) is 12.9. The Morgan fingerprint density at radius 3 is 1.56 bits per heavy atom. The van der Waals surface area contributed by atoms with Gasteiger partial charge in [-0.1, -0.05) is 82.1 Å². The molecule has 2 atom stereocenters. The van der Waals surface area contributed by atoms with Gasteiger partial charge in [-0.05, 0) is 43.2 Å². The normalized spacial score (nSPS) is 12.1. The van der Waals surface area contributed by atoms with E-state index in [-0.39, 0.29) is 40.8 Å². The number of carbonyl (C=O) groups is 2. The predicted octanol–water partition coefficient (Wildman–Crippen LogP) is 7.49. The summed E-state index contributed by atoms with van der Waals surface area (Å²) in [5.41, 5.74) is 6.19. The van der Waals surface area contributed by atoms with E-state index in [1.807, 2.05) is 6.92 Å². The van der Waals surface area contributed by atoms with Crippen LogP contribution >= 0.6 is 34.8 Å². The van der Waals surface area contributed by atoms with Crippen LogP contribution in [0.3, 0.4) is 0 Å². The maximum absolute atomic E-state index is 13.6. The number of alkyl halides is 1. The van der Waals surface area contributed by atoms with Crippen LogP contribution in [-0.2, 0) is 22.7 Å². The standard InChI is InChI=1S/C15H21ClFNO.C9H8Cl2FNO.C5H13N/c1-10(2)11(3)7-8-14(19)18-9-12-5-4-6-13(16)15(12)17;10-4-8(14)13-5-6-2-1-3-7(11)9(6)12;1-4(2)5(3)6/h4-6,10-11H,7-9H2,1-3H3,(H,18,19);1-3H,4-5H2,(H,13,14);4-5H,6H2,1-3H3. The van der Waals surface area contributed by atoms with Crippen LogP contribution in [0.5, 0.6) is 0 Å². The van der Waals surface area contributed by atoms with E-state index in [4.69, 9.17) is 40.5 Å². The molecule has 0 saturated heterocycles. The average molecular weight is 609 g/mol. The predicted molar refractivity (Wildman–Crippen MR) is 159 cm³/mol. The van der Waals surface area contributed by atoms with Gasteiger partial charge in [-0.3, -0.25) is 9.59 Å². The van der Waals surface area contributed by atoms with Gasteiger partial charge in [0.05, 0.1) is 10.0 Å².